The first-order valence-corrected chi connectivity index (χ1v) is 6.51. The Morgan fingerprint density at radius 1 is 1.11 bits per heavy atom. The number of pyridine rings is 1. The Kier molecular flexibility index (Phi) is 4.75. The van der Waals surface area contributed by atoms with Crippen LogP contribution < -0.4 is 9.47 Å². The first-order valence-electron chi connectivity index (χ1n) is 5.37. The molecule has 0 spiro atoms. The van der Waals surface area contributed by atoms with E-state index in [9.17, 15) is 0 Å². The molecule has 0 aliphatic heterocycles. The maximum Gasteiger partial charge on any atom is 0.234 e. The fourth-order valence-corrected chi connectivity index (χ4v) is 1.99. The summed E-state index contributed by atoms with van der Waals surface area (Å²) in [6, 6.07) is 9.01. The quantitative estimate of drug-likeness (QED) is 0.770. The maximum atomic E-state index is 5.97. The Hall–Kier alpha value is -1.16. The highest BCUT2D eigenvalue weighted by Gasteiger charge is 2.09. The standard InChI is InChI=1S/C13H10Cl3NO2/c1-18-9-4-2-3-8(5-9)7-19-13-11(15)6-10(14)12(16)17-13/h2-6H,7H2,1H3. The molecule has 0 radical (unpaired) electrons. The van der Waals surface area contributed by atoms with Crippen LogP contribution in [0.15, 0.2) is 30.3 Å². The molecule has 100 valence electrons. The zero-order valence-corrected chi connectivity index (χ0v) is 12.3. The number of aromatic nitrogens is 1. The van der Waals surface area contributed by atoms with E-state index in [0.717, 1.165) is 11.3 Å². The van der Waals surface area contributed by atoms with Crippen LogP contribution in [0.1, 0.15) is 5.56 Å². The molecule has 19 heavy (non-hydrogen) atoms. The van der Waals surface area contributed by atoms with E-state index in [0.29, 0.717) is 16.7 Å². The van der Waals surface area contributed by atoms with Gasteiger partial charge in [-0.25, -0.2) is 0 Å². The molecule has 0 saturated carbocycles. The molecule has 1 heterocycles. The molecule has 0 fully saturated rings. The zero-order valence-electron chi connectivity index (χ0n) is 9.99. The van der Waals surface area contributed by atoms with E-state index in [1.165, 1.54) is 6.07 Å². The van der Waals surface area contributed by atoms with Crippen LogP contribution in [0, 0.1) is 0 Å². The second kappa shape index (κ2) is 6.33. The molecule has 0 aliphatic carbocycles. The van der Waals surface area contributed by atoms with Crippen LogP contribution in [-0.2, 0) is 6.61 Å². The van der Waals surface area contributed by atoms with Gasteiger partial charge in [0.1, 0.15) is 17.4 Å². The third-order valence-corrected chi connectivity index (χ3v) is 3.31. The summed E-state index contributed by atoms with van der Waals surface area (Å²) in [5.41, 5.74) is 0.934. The molecular formula is C13H10Cl3NO2. The van der Waals surface area contributed by atoms with Gasteiger partial charge < -0.3 is 9.47 Å². The molecule has 0 unspecified atom stereocenters. The van der Waals surface area contributed by atoms with Crippen molar-refractivity contribution in [3.63, 3.8) is 0 Å². The highest BCUT2D eigenvalue weighted by molar-refractivity contribution is 6.42. The molecule has 0 amide bonds. The van der Waals surface area contributed by atoms with Crippen LogP contribution in [0.5, 0.6) is 11.6 Å². The van der Waals surface area contributed by atoms with Gasteiger partial charge >= 0.3 is 0 Å². The number of hydrogen-bond acceptors (Lipinski definition) is 3. The second-order valence-corrected chi connectivity index (χ2v) is 4.86. The Morgan fingerprint density at radius 2 is 1.89 bits per heavy atom. The van der Waals surface area contributed by atoms with Crippen LogP contribution in [0.2, 0.25) is 15.2 Å². The van der Waals surface area contributed by atoms with Crippen molar-refractivity contribution < 1.29 is 9.47 Å². The first kappa shape index (κ1) is 14.3. The number of ether oxygens (including phenoxy) is 2. The smallest absolute Gasteiger partial charge is 0.234 e. The molecule has 0 aliphatic rings. The molecule has 2 aromatic rings. The summed E-state index contributed by atoms with van der Waals surface area (Å²) in [5, 5.41) is 0.768. The van der Waals surface area contributed by atoms with Crippen molar-refractivity contribution in [2.45, 2.75) is 6.61 Å². The number of benzene rings is 1. The van der Waals surface area contributed by atoms with Gasteiger partial charge in [0.25, 0.3) is 0 Å². The molecule has 3 nitrogen and oxygen atoms in total. The van der Waals surface area contributed by atoms with Gasteiger partial charge in [-0.15, -0.1) is 0 Å². The molecule has 6 heteroatoms. The SMILES string of the molecule is COc1cccc(COc2nc(Cl)c(Cl)cc2Cl)c1. The summed E-state index contributed by atoms with van der Waals surface area (Å²) < 4.78 is 10.6. The average molecular weight is 319 g/mol. The van der Waals surface area contributed by atoms with Gasteiger partial charge in [0, 0.05) is 0 Å². The minimum Gasteiger partial charge on any atom is -0.497 e. The largest absolute Gasteiger partial charge is 0.497 e. The zero-order chi connectivity index (χ0) is 13.8. The number of nitrogens with zero attached hydrogens (tertiary/aromatic N) is 1. The Balaban J connectivity index is 2.12. The predicted octanol–water partition coefficient (Wildman–Crippen LogP) is 4.63. The summed E-state index contributed by atoms with van der Waals surface area (Å²) in [6.07, 6.45) is 0. The number of hydrogen-bond donors (Lipinski definition) is 0. The number of rotatable bonds is 4. The Labute approximate surface area is 126 Å². The normalized spacial score (nSPS) is 10.3. The van der Waals surface area contributed by atoms with E-state index in [2.05, 4.69) is 4.98 Å². The summed E-state index contributed by atoms with van der Waals surface area (Å²) in [5.74, 6) is 1.01. The van der Waals surface area contributed by atoms with Crippen molar-refractivity contribution in [1.82, 2.24) is 4.98 Å². The lowest BCUT2D eigenvalue weighted by atomic mass is 10.2. The van der Waals surface area contributed by atoms with E-state index in [-0.39, 0.29) is 11.0 Å². The van der Waals surface area contributed by atoms with E-state index >= 15 is 0 Å². The topological polar surface area (TPSA) is 31.4 Å². The van der Waals surface area contributed by atoms with Gasteiger partial charge in [0.15, 0.2) is 5.15 Å². The summed E-state index contributed by atoms with van der Waals surface area (Å²) in [7, 11) is 1.61. The first-order chi connectivity index (χ1) is 9.10. The molecule has 1 aromatic heterocycles. The molecular weight excluding hydrogens is 309 g/mol. The van der Waals surface area contributed by atoms with Crippen molar-refractivity contribution in [2.75, 3.05) is 7.11 Å². The van der Waals surface area contributed by atoms with Crippen molar-refractivity contribution in [1.29, 1.82) is 0 Å². The van der Waals surface area contributed by atoms with Gasteiger partial charge in [-0.3, -0.25) is 0 Å². The van der Waals surface area contributed by atoms with Gasteiger partial charge in [0.05, 0.1) is 12.1 Å². The molecule has 0 saturated heterocycles. The van der Waals surface area contributed by atoms with Crippen LogP contribution in [0.3, 0.4) is 0 Å². The number of halogens is 3. The van der Waals surface area contributed by atoms with Crippen molar-refractivity contribution in [2.24, 2.45) is 0 Å². The van der Waals surface area contributed by atoms with Gasteiger partial charge in [-0.2, -0.15) is 4.98 Å². The van der Waals surface area contributed by atoms with Crippen molar-refractivity contribution >= 4 is 34.8 Å². The van der Waals surface area contributed by atoms with Crippen molar-refractivity contribution in [3.8, 4) is 11.6 Å². The summed E-state index contributed by atoms with van der Waals surface area (Å²) in [4.78, 5) is 3.98. The lowest BCUT2D eigenvalue weighted by molar-refractivity contribution is 0.293. The lowest BCUT2D eigenvalue weighted by Gasteiger charge is -2.09. The minimum atomic E-state index is 0.159. The fraction of sp³-hybridized carbons (Fsp3) is 0.154. The van der Waals surface area contributed by atoms with E-state index in [4.69, 9.17) is 44.3 Å². The third kappa shape index (κ3) is 3.66. The highest BCUT2D eigenvalue weighted by atomic mass is 35.5. The Bertz CT molecular complexity index is 590. The molecule has 0 bridgehead atoms. The monoisotopic (exact) mass is 317 g/mol. The molecule has 0 N–H and O–H groups in total. The lowest BCUT2D eigenvalue weighted by Crippen LogP contribution is -1.98. The summed E-state index contributed by atoms with van der Waals surface area (Å²) in [6.45, 7) is 0.307. The maximum absolute atomic E-state index is 5.97. The predicted molar refractivity (Wildman–Crippen MR) is 76.6 cm³/mol. The molecule has 2 rings (SSSR count). The van der Waals surface area contributed by atoms with Crippen LogP contribution in [0.4, 0.5) is 0 Å². The van der Waals surface area contributed by atoms with Crippen molar-refractivity contribution in [3.05, 3.63) is 51.1 Å². The summed E-state index contributed by atoms with van der Waals surface area (Å²) >= 11 is 17.6. The van der Waals surface area contributed by atoms with Gasteiger partial charge in [-0.05, 0) is 23.8 Å². The van der Waals surface area contributed by atoms with Crippen LogP contribution in [-0.4, -0.2) is 12.1 Å². The van der Waals surface area contributed by atoms with E-state index in [1.807, 2.05) is 24.3 Å². The Morgan fingerprint density at radius 3 is 2.63 bits per heavy atom. The van der Waals surface area contributed by atoms with E-state index < -0.39 is 0 Å². The van der Waals surface area contributed by atoms with Crippen LogP contribution in [0.25, 0.3) is 0 Å². The molecule has 0 atom stereocenters. The van der Waals surface area contributed by atoms with Crippen LogP contribution >= 0.6 is 34.8 Å². The van der Waals surface area contributed by atoms with Gasteiger partial charge in [-0.1, -0.05) is 46.9 Å². The fourth-order valence-electron chi connectivity index (χ4n) is 1.44. The highest BCUT2D eigenvalue weighted by Crippen LogP contribution is 2.30. The van der Waals surface area contributed by atoms with Gasteiger partial charge in [0.2, 0.25) is 5.88 Å². The average Bonchev–Trinajstić information content (AvgIpc) is 2.41. The number of methoxy groups -OCH3 is 1. The third-order valence-electron chi connectivity index (χ3n) is 2.36. The second-order valence-electron chi connectivity index (χ2n) is 3.69. The van der Waals surface area contributed by atoms with E-state index in [1.54, 1.807) is 7.11 Å². The minimum absolute atomic E-state index is 0.159. The molecule has 1 aromatic carbocycles.